The maximum atomic E-state index is 12.5. The van der Waals surface area contributed by atoms with Crippen LogP contribution in [0, 0.1) is 14.3 Å². The second kappa shape index (κ2) is 7.96. The number of ether oxygens (including phenoxy) is 1. The number of para-hydroxylation sites is 1. The Morgan fingerprint density at radius 3 is 1.96 bits per heavy atom. The van der Waals surface area contributed by atoms with Crippen molar-refractivity contribution in [2.75, 3.05) is 0 Å². The van der Waals surface area contributed by atoms with Gasteiger partial charge in [0.1, 0.15) is 15.9 Å². The van der Waals surface area contributed by atoms with Crippen LogP contribution in [0.3, 0.4) is 0 Å². The molecular formula is C13H5I4O5S-. The lowest BCUT2D eigenvalue weighted by Gasteiger charge is -2.18. The monoisotopic (exact) mass is 781 g/mol. The predicted octanol–water partition coefficient (Wildman–Crippen LogP) is 4.23. The predicted molar refractivity (Wildman–Crippen MR) is 117 cm³/mol. The zero-order chi connectivity index (χ0) is 17.4. The first-order chi connectivity index (χ1) is 10.6. The number of halogens is 4. The van der Waals surface area contributed by atoms with E-state index < -0.39 is 21.0 Å². The number of rotatable bonds is 3. The minimum Gasteiger partial charge on any atom is -0.744 e. The molecule has 122 valence electrons. The zero-order valence-corrected chi connectivity index (χ0v) is 20.3. The van der Waals surface area contributed by atoms with E-state index in [-0.39, 0.29) is 14.9 Å². The molecule has 0 bridgehead atoms. The van der Waals surface area contributed by atoms with Crippen molar-refractivity contribution in [3.05, 3.63) is 50.2 Å². The van der Waals surface area contributed by atoms with Gasteiger partial charge in [-0.05, 0) is 102 Å². The SMILES string of the molecule is O=C(Oc1ccccc1)c1c(I)c(I)c(I)c(I)c1S(=O)(=O)[O-]. The molecule has 0 radical (unpaired) electrons. The first kappa shape index (κ1) is 20.1. The van der Waals surface area contributed by atoms with Crippen molar-refractivity contribution in [2.24, 2.45) is 0 Å². The fourth-order valence-electron chi connectivity index (χ4n) is 1.68. The van der Waals surface area contributed by atoms with Crippen molar-refractivity contribution in [2.45, 2.75) is 4.90 Å². The van der Waals surface area contributed by atoms with Crippen LogP contribution < -0.4 is 4.74 Å². The summed E-state index contributed by atoms with van der Waals surface area (Å²) in [5, 5.41) is 0. The molecule has 0 aliphatic heterocycles. The lowest BCUT2D eigenvalue weighted by Crippen LogP contribution is -2.19. The Morgan fingerprint density at radius 2 is 1.43 bits per heavy atom. The minimum atomic E-state index is -4.83. The Hall–Kier alpha value is 0.740. The van der Waals surface area contributed by atoms with E-state index in [0.29, 0.717) is 10.7 Å². The molecule has 0 aromatic heterocycles. The average Bonchev–Trinajstić information content (AvgIpc) is 2.48. The average molecular weight is 781 g/mol. The fourth-order valence-corrected chi connectivity index (χ4v) is 7.02. The molecule has 0 saturated carbocycles. The van der Waals surface area contributed by atoms with Crippen molar-refractivity contribution in [1.82, 2.24) is 0 Å². The molecule has 0 spiro atoms. The summed E-state index contributed by atoms with van der Waals surface area (Å²) in [6.07, 6.45) is 0. The molecule has 2 aromatic carbocycles. The van der Waals surface area contributed by atoms with Gasteiger partial charge in [0, 0.05) is 14.3 Å². The van der Waals surface area contributed by atoms with Crippen molar-refractivity contribution < 1.29 is 22.5 Å². The van der Waals surface area contributed by atoms with Gasteiger partial charge < -0.3 is 9.29 Å². The van der Waals surface area contributed by atoms with Gasteiger partial charge in [0.2, 0.25) is 0 Å². The highest BCUT2D eigenvalue weighted by Crippen LogP contribution is 2.35. The third-order valence-corrected chi connectivity index (χ3v) is 11.3. The van der Waals surface area contributed by atoms with Crippen LogP contribution in [0.25, 0.3) is 0 Å². The molecule has 0 aliphatic rings. The van der Waals surface area contributed by atoms with Crippen molar-refractivity contribution >= 4 is 106 Å². The van der Waals surface area contributed by atoms with E-state index >= 15 is 0 Å². The molecule has 0 unspecified atom stereocenters. The van der Waals surface area contributed by atoms with Gasteiger partial charge in [0.15, 0.2) is 0 Å². The highest BCUT2D eigenvalue weighted by molar-refractivity contribution is 14.1. The van der Waals surface area contributed by atoms with Crippen molar-refractivity contribution in [1.29, 1.82) is 0 Å². The lowest BCUT2D eigenvalue weighted by atomic mass is 10.2. The van der Waals surface area contributed by atoms with Crippen molar-refractivity contribution in [3.8, 4) is 5.75 Å². The lowest BCUT2D eigenvalue weighted by molar-refractivity contribution is 0.0728. The topological polar surface area (TPSA) is 83.5 Å². The second-order valence-electron chi connectivity index (χ2n) is 4.12. The molecule has 0 heterocycles. The molecule has 0 saturated heterocycles. The number of hydrogen-bond acceptors (Lipinski definition) is 5. The summed E-state index contributed by atoms with van der Waals surface area (Å²) in [5.74, 6) is -0.603. The summed E-state index contributed by atoms with van der Waals surface area (Å²) in [7, 11) is -4.83. The van der Waals surface area contributed by atoms with E-state index in [1.165, 1.54) is 0 Å². The minimum absolute atomic E-state index is 0.223. The van der Waals surface area contributed by atoms with Gasteiger partial charge in [-0.25, -0.2) is 13.2 Å². The first-order valence-electron chi connectivity index (χ1n) is 5.73. The van der Waals surface area contributed by atoms with Crippen LogP contribution in [0.1, 0.15) is 10.4 Å². The van der Waals surface area contributed by atoms with Crippen LogP contribution in [-0.2, 0) is 10.1 Å². The molecule has 0 fully saturated rings. The molecule has 2 aromatic rings. The Bertz CT molecular complexity index is 881. The Labute approximate surface area is 187 Å². The standard InChI is InChI=1S/C13H6I4O5S/c14-8-7(13(18)22-6-4-2-1-3-5-6)12(23(19,20)21)11(17)10(16)9(8)15/h1-5H,(H,19,20,21)/p-1. The van der Waals surface area contributed by atoms with Gasteiger partial charge >= 0.3 is 5.97 Å². The summed E-state index contributed by atoms with van der Waals surface area (Å²) in [6.45, 7) is 0. The van der Waals surface area contributed by atoms with Gasteiger partial charge in [-0.15, -0.1) is 0 Å². The Balaban J connectivity index is 2.68. The van der Waals surface area contributed by atoms with Gasteiger partial charge in [0.05, 0.1) is 10.5 Å². The molecule has 0 aliphatic carbocycles. The highest BCUT2D eigenvalue weighted by atomic mass is 127. The maximum absolute atomic E-state index is 12.5. The number of hydrogen-bond donors (Lipinski definition) is 0. The normalized spacial score (nSPS) is 11.3. The van der Waals surface area contributed by atoms with Gasteiger partial charge in [-0.1, -0.05) is 18.2 Å². The maximum Gasteiger partial charge on any atom is 0.345 e. The molecule has 2 rings (SSSR count). The smallest absolute Gasteiger partial charge is 0.345 e. The van der Waals surface area contributed by atoms with Crippen LogP contribution in [0.2, 0.25) is 0 Å². The summed E-state index contributed by atoms with van der Waals surface area (Å²) in [5.41, 5.74) is -0.223. The van der Waals surface area contributed by atoms with Crippen LogP contribution in [-0.4, -0.2) is 18.9 Å². The van der Waals surface area contributed by atoms with Crippen LogP contribution in [0.4, 0.5) is 0 Å². The van der Waals surface area contributed by atoms with E-state index in [0.717, 1.165) is 0 Å². The van der Waals surface area contributed by atoms with E-state index in [2.05, 4.69) is 0 Å². The van der Waals surface area contributed by atoms with Gasteiger partial charge in [-0.3, -0.25) is 0 Å². The van der Waals surface area contributed by atoms with Gasteiger partial charge in [-0.2, -0.15) is 0 Å². The van der Waals surface area contributed by atoms with E-state index in [4.69, 9.17) is 4.74 Å². The number of benzene rings is 2. The molecule has 10 heteroatoms. The summed E-state index contributed by atoms with van der Waals surface area (Å²) in [6, 6.07) is 8.25. The molecular weight excluding hydrogens is 776 g/mol. The third kappa shape index (κ3) is 4.48. The molecule has 5 nitrogen and oxygen atoms in total. The second-order valence-corrected chi connectivity index (χ2v) is 9.75. The van der Waals surface area contributed by atoms with Crippen LogP contribution >= 0.6 is 90.4 Å². The Morgan fingerprint density at radius 1 is 0.913 bits per heavy atom. The van der Waals surface area contributed by atoms with Crippen molar-refractivity contribution in [3.63, 3.8) is 0 Å². The summed E-state index contributed by atoms with van der Waals surface area (Å²) < 4.78 is 42.1. The first-order valence-corrected chi connectivity index (χ1v) is 11.5. The van der Waals surface area contributed by atoms with E-state index in [1.54, 1.807) is 52.9 Å². The Kier molecular flexibility index (Phi) is 6.94. The largest absolute Gasteiger partial charge is 0.744 e. The molecule has 0 amide bonds. The van der Waals surface area contributed by atoms with Gasteiger partial charge in [0.25, 0.3) is 0 Å². The molecule has 0 N–H and O–H groups in total. The zero-order valence-electron chi connectivity index (χ0n) is 10.8. The number of carbonyl (C=O) groups is 1. The molecule has 23 heavy (non-hydrogen) atoms. The third-order valence-electron chi connectivity index (χ3n) is 2.63. The van der Waals surface area contributed by atoms with E-state index in [1.807, 2.05) is 67.8 Å². The number of esters is 1. The van der Waals surface area contributed by atoms with Crippen LogP contribution in [0.5, 0.6) is 5.75 Å². The fraction of sp³-hybridized carbons (Fsp3) is 0. The van der Waals surface area contributed by atoms with E-state index in [9.17, 15) is 17.8 Å². The quantitative estimate of drug-likeness (QED) is 0.116. The van der Waals surface area contributed by atoms with Crippen LogP contribution in [0.15, 0.2) is 35.2 Å². The number of carbonyl (C=O) groups excluding carboxylic acids is 1. The summed E-state index contributed by atoms with van der Waals surface area (Å²) in [4.78, 5) is 11.9. The molecule has 0 atom stereocenters. The summed E-state index contributed by atoms with van der Waals surface area (Å²) >= 11 is 7.56. The highest BCUT2D eigenvalue weighted by Gasteiger charge is 2.28.